The summed E-state index contributed by atoms with van der Waals surface area (Å²) in [6.07, 6.45) is -0.186. The number of aliphatic carboxylic acids is 1. The highest BCUT2D eigenvalue weighted by Gasteiger charge is 2.10. The van der Waals surface area contributed by atoms with Crippen molar-refractivity contribution in [2.75, 3.05) is 5.43 Å². The first-order valence-electron chi connectivity index (χ1n) is 6.35. The molecule has 0 unspecified atom stereocenters. The summed E-state index contributed by atoms with van der Waals surface area (Å²) in [6.45, 7) is 1.57. The predicted molar refractivity (Wildman–Crippen MR) is 78.1 cm³/mol. The van der Waals surface area contributed by atoms with Crippen LogP contribution in [0.4, 0.5) is 10.3 Å². The van der Waals surface area contributed by atoms with Gasteiger partial charge in [-0.05, 0) is 25.1 Å². The fourth-order valence-electron chi connectivity index (χ4n) is 1.99. The summed E-state index contributed by atoms with van der Waals surface area (Å²) in [5.41, 5.74) is 4.49. The second kappa shape index (κ2) is 5.35. The Morgan fingerprint density at radius 3 is 3.05 bits per heavy atom. The number of anilines is 1. The van der Waals surface area contributed by atoms with Gasteiger partial charge in [-0.15, -0.1) is 10.2 Å². The van der Waals surface area contributed by atoms with E-state index >= 15 is 0 Å². The van der Waals surface area contributed by atoms with E-state index in [2.05, 4.69) is 30.7 Å². The van der Waals surface area contributed by atoms with Gasteiger partial charge in [-0.2, -0.15) is 10.1 Å². The minimum atomic E-state index is -0.977. The van der Waals surface area contributed by atoms with Crippen LogP contribution in [-0.2, 0) is 4.79 Å². The second-order valence-electron chi connectivity index (χ2n) is 4.68. The van der Waals surface area contributed by atoms with Crippen LogP contribution in [0.15, 0.2) is 23.3 Å². The number of aromatic nitrogens is 4. The molecule has 0 bridgehead atoms. The van der Waals surface area contributed by atoms with E-state index in [1.54, 1.807) is 13.0 Å². The third-order valence-corrected chi connectivity index (χ3v) is 2.93. The van der Waals surface area contributed by atoms with Crippen LogP contribution in [0.5, 0.6) is 0 Å². The number of halogens is 1. The van der Waals surface area contributed by atoms with Crippen LogP contribution < -0.4 is 5.43 Å². The van der Waals surface area contributed by atoms with E-state index in [9.17, 15) is 9.18 Å². The lowest BCUT2D eigenvalue weighted by Gasteiger charge is -1.99. The third-order valence-electron chi connectivity index (χ3n) is 2.93. The van der Waals surface area contributed by atoms with Gasteiger partial charge in [-0.1, -0.05) is 0 Å². The van der Waals surface area contributed by atoms with Crippen molar-refractivity contribution in [3.63, 3.8) is 0 Å². The molecule has 3 rings (SSSR count). The molecule has 0 spiro atoms. The Kier molecular flexibility index (Phi) is 3.37. The summed E-state index contributed by atoms with van der Waals surface area (Å²) < 4.78 is 13.3. The van der Waals surface area contributed by atoms with Crippen LogP contribution in [0.1, 0.15) is 13.3 Å². The lowest BCUT2D eigenvalue weighted by molar-refractivity contribution is -0.135. The first-order chi connectivity index (χ1) is 10.5. The maximum atomic E-state index is 13.3. The van der Waals surface area contributed by atoms with Crippen molar-refractivity contribution in [3.05, 3.63) is 24.0 Å². The van der Waals surface area contributed by atoms with Gasteiger partial charge in [0.2, 0.25) is 0 Å². The Balaban J connectivity index is 1.93. The molecular weight excluding hydrogens is 291 g/mol. The van der Waals surface area contributed by atoms with Gasteiger partial charge >= 0.3 is 5.97 Å². The number of carboxylic acids is 1. The number of rotatable bonds is 4. The van der Waals surface area contributed by atoms with Gasteiger partial charge in [-0.25, -0.2) is 9.82 Å². The van der Waals surface area contributed by atoms with Gasteiger partial charge in [0, 0.05) is 16.6 Å². The van der Waals surface area contributed by atoms with E-state index in [4.69, 9.17) is 5.11 Å². The van der Waals surface area contributed by atoms with Gasteiger partial charge in [0.05, 0.1) is 6.42 Å². The SMILES string of the molecule is C/C(CC(=O)O)=N/Nc1nnc2c(n1)[nH]c1ccc(F)cc12. The standard InChI is InChI=1S/C13H11FN6O2/c1-6(4-10(21)22)17-19-13-16-12-11(18-20-13)8-5-7(14)2-3-9(8)15-12/h2-3,5H,4H2,1H3,(H,21,22)(H2,15,16,19,20)/b17-6-. The number of hydrogen-bond acceptors (Lipinski definition) is 6. The molecule has 0 fully saturated rings. The van der Waals surface area contributed by atoms with Gasteiger partial charge < -0.3 is 10.1 Å². The highest BCUT2D eigenvalue weighted by atomic mass is 19.1. The average molecular weight is 302 g/mol. The fourth-order valence-corrected chi connectivity index (χ4v) is 1.99. The number of fused-ring (bicyclic) bond motifs is 3. The molecule has 0 aliphatic rings. The number of benzene rings is 1. The normalized spacial score (nSPS) is 12.0. The summed E-state index contributed by atoms with van der Waals surface area (Å²) >= 11 is 0. The van der Waals surface area contributed by atoms with Crippen LogP contribution in [0.2, 0.25) is 0 Å². The van der Waals surface area contributed by atoms with Crippen molar-refractivity contribution < 1.29 is 14.3 Å². The van der Waals surface area contributed by atoms with E-state index in [1.807, 2.05) is 0 Å². The molecule has 0 aliphatic carbocycles. The number of hydrogen-bond donors (Lipinski definition) is 3. The Bertz CT molecular complexity index is 904. The number of nitrogens with zero attached hydrogens (tertiary/aromatic N) is 4. The Hall–Kier alpha value is -3.10. The summed E-state index contributed by atoms with van der Waals surface area (Å²) in [4.78, 5) is 17.7. The molecule has 0 radical (unpaired) electrons. The van der Waals surface area contributed by atoms with Crippen molar-refractivity contribution in [2.24, 2.45) is 5.10 Å². The van der Waals surface area contributed by atoms with E-state index in [0.717, 1.165) is 0 Å². The van der Waals surface area contributed by atoms with Crippen LogP contribution in [-0.4, -0.2) is 37.0 Å². The summed E-state index contributed by atoms with van der Waals surface area (Å²) in [5.74, 6) is -1.23. The highest BCUT2D eigenvalue weighted by molar-refractivity contribution is 6.03. The lowest BCUT2D eigenvalue weighted by Crippen LogP contribution is -2.06. The van der Waals surface area contributed by atoms with Crippen molar-refractivity contribution in [1.82, 2.24) is 20.2 Å². The lowest BCUT2D eigenvalue weighted by atomic mass is 10.2. The number of H-pyrrole nitrogens is 1. The minimum absolute atomic E-state index is 0.115. The summed E-state index contributed by atoms with van der Waals surface area (Å²) in [7, 11) is 0. The molecule has 8 nitrogen and oxygen atoms in total. The summed E-state index contributed by atoms with van der Waals surface area (Å²) in [6, 6.07) is 4.28. The number of carbonyl (C=O) groups is 1. The molecule has 0 atom stereocenters. The Labute approximate surface area is 123 Å². The Morgan fingerprint density at radius 2 is 2.27 bits per heavy atom. The maximum Gasteiger partial charge on any atom is 0.309 e. The molecule has 0 saturated carbocycles. The van der Waals surface area contributed by atoms with Gasteiger partial charge in [0.25, 0.3) is 5.95 Å². The van der Waals surface area contributed by atoms with Gasteiger partial charge in [0.15, 0.2) is 5.65 Å². The topological polar surface area (TPSA) is 116 Å². The fraction of sp³-hybridized carbons (Fsp3) is 0.154. The number of hydrazone groups is 1. The van der Waals surface area contributed by atoms with Crippen molar-refractivity contribution in [1.29, 1.82) is 0 Å². The predicted octanol–water partition coefficient (Wildman–Crippen LogP) is 1.91. The molecule has 3 N–H and O–H groups in total. The van der Waals surface area contributed by atoms with Crippen LogP contribution in [0, 0.1) is 5.82 Å². The average Bonchev–Trinajstić information content (AvgIpc) is 2.81. The zero-order valence-electron chi connectivity index (χ0n) is 11.5. The monoisotopic (exact) mass is 302 g/mol. The zero-order valence-corrected chi connectivity index (χ0v) is 11.5. The van der Waals surface area contributed by atoms with E-state index in [0.29, 0.717) is 27.8 Å². The quantitative estimate of drug-likeness (QED) is 0.500. The molecule has 2 aromatic heterocycles. The van der Waals surface area contributed by atoms with Crippen LogP contribution in [0.25, 0.3) is 22.1 Å². The molecule has 0 amide bonds. The van der Waals surface area contributed by atoms with Crippen molar-refractivity contribution >= 4 is 39.7 Å². The van der Waals surface area contributed by atoms with E-state index in [1.165, 1.54) is 12.1 Å². The largest absolute Gasteiger partial charge is 0.481 e. The van der Waals surface area contributed by atoms with E-state index < -0.39 is 5.97 Å². The third kappa shape index (κ3) is 2.68. The molecule has 0 aliphatic heterocycles. The van der Waals surface area contributed by atoms with Crippen LogP contribution >= 0.6 is 0 Å². The molecule has 9 heteroatoms. The minimum Gasteiger partial charge on any atom is -0.481 e. The molecule has 0 saturated heterocycles. The second-order valence-corrected chi connectivity index (χ2v) is 4.68. The molecule has 2 heterocycles. The molecule has 3 aromatic rings. The summed E-state index contributed by atoms with van der Waals surface area (Å²) in [5, 5.41) is 20.9. The first kappa shape index (κ1) is 13.9. The number of nitrogens with one attached hydrogen (secondary N) is 2. The molecular formula is C13H11FN6O2. The molecule has 112 valence electrons. The maximum absolute atomic E-state index is 13.3. The molecule has 22 heavy (non-hydrogen) atoms. The van der Waals surface area contributed by atoms with Gasteiger partial charge in [-0.3, -0.25) is 4.79 Å². The van der Waals surface area contributed by atoms with Crippen molar-refractivity contribution in [3.8, 4) is 0 Å². The molecule has 1 aromatic carbocycles. The van der Waals surface area contributed by atoms with Crippen LogP contribution in [0.3, 0.4) is 0 Å². The highest BCUT2D eigenvalue weighted by Crippen LogP contribution is 2.23. The zero-order chi connectivity index (χ0) is 15.7. The van der Waals surface area contributed by atoms with Crippen molar-refractivity contribution in [2.45, 2.75) is 13.3 Å². The number of carboxylic acid groups (broad SMARTS) is 1. The first-order valence-corrected chi connectivity index (χ1v) is 6.35. The van der Waals surface area contributed by atoms with E-state index in [-0.39, 0.29) is 18.2 Å². The number of aromatic amines is 1. The Morgan fingerprint density at radius 1 is 1.45 bits per heavy atom. The smallest absolute Gasteiger partial charge is 0.309 e. The van der Waals surface area contributed by atoms with Gasteiger partial charge in [0.1, 0.15) is 11.3 Å².